The number of hydrogen-bond acceptors (Lipinski definition) is 4. The van der Waals surface area contributed by atoms with Gasteiger partial charge in [0.05, 0.1) is 24.2 Å². The van der Waals surface area contributed by atoms with Gasteiger partial charge in [0, 0.05) is 0 Å². The lowest BCUT2D eigenvalue weighted by Crippen LogP contribution is -2.04. The van der Waals surface area contributed by atoms with Crippen LogP contribution in [0.15, 0.2) is 30.3 Å². The third-order valence-corrected chi connectivity index (χ3v) is 4.04. The van der Waals surface area contributed by atoms with Crippen LogP contribution in [0.3, 0.4) is 0 Å². The van der Waals surface area contributed by atoms with Crippen molar-refractivity contribution in [2.24, 2.45) is 0 Å². The van der Waals surface area contributed by atoms with Crippen molar-refractivity contribution in [3.8, 4) is 0 Å². The summed E-state index contributed by atoms with van der Waals surface area (Å²) in [7, 11) is -1.68. The maximum absolute atomic E-state index is 11.3. The molecule has 0 amide bonds. The first-order chi connectivity index (χ1) is 8.02. The van der Waals surface area contributed by atoms with Gasteiger partial charge in [-0.1, -0.05) is 18.2 Å². The molecule has 0 N–H and O–H groups in total. The number of rotatable bonds is 2. The van der Waals surface area contributed by atoms with Gasteiger partial charge in [0.1, 0.15) is 0 Å². The van der Waals surface area contributed by atoms with E-state index in [1.54, 1.807) is 30.3 Å². The summed E-state index contributed by atoms with van der Waals surface area (Å²) in [5.41, 5.74) is 1.93. The van der Waals surface area contributed by atoms with Crippen LogP contribution in [-0.2, 0) is 14.6 Å². The predicted octanol–water partition coefficient (Wildman–Crippen LogP) is 1.29. The van der Waals surface area contributed by atoms with Crippen LogP contribution in [0.2, 0.25) is 0 Å². The second-order valence-electron chi connectivity index (χ2n) is 3.86. The standard InChI is InChI=1S/C12H12O4S/c1-16-12(13)10-4-2-3-9(7-10)11-5-6-17(14,15)8-11/h2-5,7H,6,8H2,1H3. The highest BCUT2D eigenvalue weighted by Gasteiger charge is 2.21. The zero-order chi connectivity index (χ0) is 12.5. The van der Waals surface area contributed by atoms with E-state index < -0.39 is 15.8 Å². The Bertz CT molecular complexity index is 584. The SMILES string of the molecule is COC(=O)c1cccc(C2=CCS(=O)(=O)C2)c1. The predicted molar refractivity (Wildman–Crippen MR) is 64.4 cm³/mol. The summed E-state index contributed by atoms with van der Waals surface area (Å²) in [6, 6.07) is 6.80. The molecular weight excluding hydrogens is 240 g/mol. The zero-order valence-electron chi connectivity index (χ0n) is 9.34. The molecule has 1 aromatic rings. The molecule has 0 aliphatic carbocycles. The number of carbonyl (C=O) groups is 1. The van der Waals surface area contributed by atoms with Gasteiger partial charge in [0.15, 0.2) is 9.84 Å². The Morgan fingerprint density at radius 3 is 2.71 bits per heavy atom. The van der Waals surface area contributed by atoms with Crippen LogP contribution < -0.4 is 0 Å². The van der Waals surface area contributed by atoms with E-state index in [2.05, 4.69) is 4.74 Å². The molecule has 2 rings (SSSR count). The van der Waals surface area contributed by atoms with Gasteiger partial charge in [-0.3, -0.25) is 0 Å². The van der Waals surface area contributed by atoms with Crippen LogP contribution in [0.5, 0.6) is 0 Å². The van der Waals surface area contributed by atoms with Crippen molar-refractivity contribution in [2.75, 3.05) is 18.6 Å². The molecule has 17 heavy (non-hydrogen) atoms. The van der Waals surface area contributed by atoms with Gasteiger partial charge in [0.25, 0.3) is 0 Å². The minimum atomic E-state index is -2.99. The number of benzene rings is 1. The molecular formula is C12H12O4S. The molecule has 1 aliphatic heterocycles. The molecule has 1 heterocycles. The van der Waals surface area contributed by atoms with Crippen molar-refractivity contribution in [3.05, 3.63) is 41.5 Å². The summed E-state index contributed by atoms with van der Waals surface area (Å²) in [4.78, 5) is 11.3. The van der Waals surface area contributed by atoms with E-state index in [9.17, 15) is 13.2 Å². The summed E-state index contributed by atoms with van der Waals surface area (Å²) in [6.45, 7) is 0. The van der Waals surface area contributed by atoms with Crippen molar-refractivity contribution >= 4 is 21.4 Å². The van der Waals surface area contributed by atoms with E-state index >= 15 is 0 Å². The van der Waals surface area contributed by atoms with Crippen LogP contribution in [0.25, 0.3) is 5.57 Å². The monoisotopic (exact) mass is 252 g/mol. The van der Waals surface area contributed by atoms with Gasteiger partial charge in [0.2, 0.25) is 0 Å². The Labute approximate surface area is 99.8 Å². The third kappa shape index (κ3) is 2.55. The molecule has 0 saturated carbocycles. The fourth-order valence-electron chi connectivity index (χ4n) is 1.75. The first-order valence-electron chi connectivity index (χ1n) is 5.10. The third-order valence-electron chi connectivity index (χ3n) is 2.61. The maximum Gasteiger partial charge on any atom is 0.337 e. The first kappa shape index (κ1) is 11.9. The molecule has 0 aromatic heterocycles. The largest absolute Gasteiger partial charge is 0.465 e. The number of hydrogen-bond donors (Lipinski definition) is 0. The molecule has 0 spiro atoms. The van der Waals surface area contributed by atoms with E-state index in [-0.39, 0.29) is 11.5 Å². The number of methoxy groups -OCH3 is 1. The van der Waals surface area contributed by atoms with Crippen LogP contribution >= 0.6 is 0 Å². The van der Waals surface area contributed by atoms with Crippen molar-refractivity contribution < 1.29 is 17.9 Å². The number of sulfone groups is 1. The van der Waals surface area contributed by atoms with Gasteiger partial charge in [-0.2, -0.15) is 0 Å². The molecule has 4 nitrogen and oxygen atoms in total. The Morgan fingerprint density at radius 2 is 2.12 bits per heavy atom. The molecule has 90 valence electrons. The van der Waals surface area contributed by atoms with Crippen LogP contribution in [0, 0.1) is 0 Å². The molecule has 0 saturated heterocycles. The van der Waals surface area contributed by atoms with Gasteiger partial charge in [-0.15, -0.1) is 0 Å². The number of carbonyl (C=O) groups excluding carboxylic acids is 1. The van der Waals surface area contributed by atoms with Crippen LogP contribution in [0.4, 0.5) is 0 Å². The van der Waals surface area contributed by atoms with Crippen molar-refractivity contribution in [3.63, 3.8) is 0 Å². The summed E-state index contributed by atoms with van der Waals surface area (Å²) >= 11 is 0. The summed E-state index contributed by atoms with van der Waals surface area (Å²) in [6.07, 6.45) is 1.69. The molecule has 1 aromatic carbocycles. The quantitative estimate of drug-likeness (QED) is 0.744. The summed E-state index contributed by atoms with van der Waals surface area (Å²) in [5.74, 6) is -0.309. The zero-order valence-corrected chi connectivity index (χ0v) is 10.2. The topological polar surface area (TPSA) is 60.4 Å². The fraction of sp³-hybridized carbons (Fsp3) is 0.250. The van der Waals surface area contributed by atoms with Crippen molar-refractivity contribution in [1.29, 1.82) is 0 Å². The van der Waals surface area contributed by atoms with E-state index in [1.807, 2.05) is 0 Å². The Hall–Kier alpha value is -1.62. The smallest absolute Gasteiger partial charge is 0.337 e. The van der Waals surface area contributed by atoms with E-state index in [4.69, 9.17) is 0 Å². The number of ether oxygens (including phenoxy) is 1. The molecule has 0 atom stereocenters. The molecule has 0 radical (unpaired) electrons. The number of esters is 1. The van der Waals surface area contributed by atoms with Gasteiger partial charge in [-0.05, 0) is 23.3 Å². The Kier molecular flexibility index (Phi) is 3.02. The second-order valence-corrected chi connectivity index (χ2v) is 5.97. The van der Waals surface area contributed by atoms with E-state index in [1.165, 1.54) is 7.11 Å². The minimum Gasteiger partial charge on any atom is -0.465 e. The lowest BCUT2D eigenvalue weighted by atomic mass is 10.0. The highest BCUT2D eigenvalue weighted by molar-refractivity contribution is 7.92. The average molecular weight is 252 g/mol. The van der Waals surface area contributed by atoms with Gasteiger partial charge in [-0.25, -0.2) is 13.2 Å². The molecule has 1 aliphatic rings. The van der Waals surface area contributed by atoms with Crippen molar-refractivity contribution in [1.82, 2.24) is 0 Å². The maximum atomic E-state index is 11.3. The molecule has 5 heteroatoms. The van der Waals surface area contributed by atoms with Gasteiger partial charge < -0.3 is 4.74 Å². The first-order valence-corrected chi connectivity index (χ1v) is 6.92. The summed E-state index contributed by atoms with van der Waals surface area (Å²) < 4.78 is 27.3. The van der Waals surface area contributed by atoms with Crippen molar-refractivity contribution in [2.45, 2.75) is 0 Å². The normalized spacial score (nSPS) is 17.6. The van der Waals surface area contributed by atoms with Gasteiger partial charge >= 0.3 is 5.97 Å². The molecule has 0 bridgehead atoms. The summed E-state index contributed by atoms with van der Waals surface area (Å²) in [5, 5.41) is 0. The van der Waals surface area contributed by atoms with Crippen LogP contribution in [-0.4, -0.2) is 33.0 Å². The van der Waals surface area contributed by atoms with E-state index in [0.29, 0.717) is 5.56 Å². The lowest BCUT2D eigenvalue weighted by Gasteiger charge is -2.04. The minimum absolute atomic E-state index is 0.0393. The van der Waals surface area contributed by atoms with E-state index in [0.717, 1.165) is 11.1 Å². The highest BCUT2D eigenvalue weighted by Crippen LogP contribution is 2.23. The molecule has 0 fully saturated rings. The van der Waals surface area contributed by atoms with Crippen LogP contribution in [0.1, 0.15) is 15.9 Å². The lowest BCUT2D eigenvalue weighted by molar-refractivity contribution is 0.0600. The molecule has 0 unspecified atom stereocenters. The fourth-order valence-corrected chi connectivity index (χ4v) is 3.08. The Balaban J connectivity index is 2.32. The highest BCUT2D eigenvalue weighted by atomic mass is 32.2. The average Bonchev–Trinajstić information content (AvgIpc) is 2.69. The second kappa shape index (κ2) is 4.33. The Morgan fingerprint density at radius 1 is 1.35 bits per heavy atom.